The number of nitrogens with zero attached hydrogens (tertiary/aromatic N) is 2. The van der Waals surface area contributed by atoms with Crippen LogP contribution in [0.3, 0.4) is 0 Å². The number of anilines is 1. The molecule has 0 saturated carbocycles. The van der Waals surface area contributed by atoms with Crippen LogP contribution >= 0.6 is 23.5 Å². The number of phosphoric acid groups is 3. The van der Waals surface area contributed by atoms with Gasteiger partial charge >= 0.3 is 29.2 Å². The lowest BCUT2D eigenvalue weighted by molar-refractivity contribution is -0.158. The van der Waals surface area contributed by atoms with Crippen molar-refractivity contribution in [2.75, 3.05) is 12.3 Å². The molecule has 0 amide bonds. The largest absolute Gasteiger partial charge is 0.490 e. The highest BCUT2D eigenvalue weighted by atomic mass is 31.3. The molecule has 2 unspecified atom stereocenters. The van der Waals surface area contributed by atoms with Crippen molar-refractivity contribution in [1.82, 2.24) is 9.55 Å². The second-order valence-corrected chi connectivity index (χ2v) is 10.8. The SMILES string of the molecule is C[C@@H](F)[C@]1(COP(=O)(O)OP(=O)(O)OP(=O)(O)O)O[C@@H](n2ccc(N)nc2=O)[C@H](F)[C@@H]1O. The fourth-order valence-corrected chi connectivity index (χ4v) is 5.72. The van der Waals surface area contributed by atoms with Crippen molar-refractivity contribution in [1.29, 1.82) is 0 Å². The van der Waals surface area contributed by atoms with Crippen LogP contribution in [0.1, 0.15) is 13.2 Å². The number of rotatable bonds is 9. The van der Waals surface area contributed by atoms with Gasteiger partial charge < -0.3 is 35.2 Å². The first-order valence-electron chi connectivity index (χ1n) is 8.16. The van der Waals surface area contributed by atoms with E-state index in [1.807, 2.05) is 0 Å². The molecule has 0 spiro atoms. The average Bonchev–Trinajstić information content (AvgIpc) is 2.83. The summed E-state index contributed by atoms with van der Waals surface area (Å²) < 4.78 is 79.9. The minimum atomic E-state index is -5.88. The minimum absolute atomic E-state index is 0.238. The van der Waals surface area contributed by atoms with E-state index in [0.717, 1.165) is 19.2 Å². The molecule has 1 aliphatic heterocycles. The maximum atomic E-state index is 14.7. The topological polar surface area (TPSA) is 250 Å². The number of nitrogens with two attached hydrogens (primary N) is 1. The summed E-state index contributed by atoms with van der Waals surface area (Å²) in [5.74, 6) is -0.238. The number of nitrogen functional groups attached to an aromatic ring is 1. The van der Waals surface area contributed by atoms with Gasteiger partial charge in [0.2, 0.25) is 0 Å². The molecule has 21 heteroatoms. The van der Waals surface area contributed by atoms with E-state index in [1.54, 1.807) is 0 Å². The van der Waals surface area contributed by atoms with E-state index < -0.39 is 66.0 Å². The minimum Gasteiger partial charge on any atom is -0.387 e. The molecular formula is C11H18F2N3O13P3. The highest BCUT2D eigenvalue weighted by Gasteiger charge is 2.60. The number of aromatic nitrogens is 2. The Labute approximate surface area is 177 Å². The Balaban J connectivity index is 2.27. The lowest BCUT2D eigenvalue weighted by Crippen LogP contribution is -2.52. The lowest BCUT2D eigenvalue weighted by atomic mass is 9.92. The third-order valence-electron chi connectivity index (χ3n) is 4.08. The zero-order chi connectivity index (χ0) is 24.7. The summed E-state index contributed by atoms with van der Waals surface area (Å²) >= 11 is 0. The summed E-state index contributed by atoms with van der Waals surface area (Å²) in [6.45, 7) is -0.758. The summed E-state index contributed by atoms with van der Waals surface area (Å²) in [6, 6.07) is 1.06. The van der Waals surface area contributed by atoms with Gasteiger partial charge in [0.15, 0.2) is 18.0 Å². The van der Waals surface area contributed by atoms with Gasteiger partial charge in [-0.25, -0.2) is 27.3 Å². The quantitative estimate of drug-likeness (QED) is 0.220. The molecular weight excluding hydrogens is 513 g/mol. The van der Waals surface area contributed by atoms with Gasteiger partial charge in [0, 0.05) is 6.20 Å². The molecule has 0 bridgehead atoms. The van der Waals surface area contributed by atoms with Gasteiger partial charge in [-0.15, -0.1) is 0 Å². The van der Waals surface area contributed by atoms with E-state index >= 15 is 0 Å². The van der Waals surface area contributed by atoms with Crippen LogP contribution in [0.15, 0.2) is 17.1 Å². The molecule has 32 heavy (non-hydrogen) atoms. The van der Waals surface area contributed by atoms with Crippen molar-refractivity contribution in [3.8, 4) is 0 Å². The molecule has 0 radical (unpaired) electrons. The fraction of sp³-hybridized carbons (Fsp3) is 0.636. The summed E-state index contributed by atoms with van der Waals surface area (Å²) in [5, 5.41) is 10.2. The van der Waals surface area contributed by atoms with Gasteiger partial charge in [0.1, 0.15) is 18.1 Å². The van der Waals surface area contributed by atoms with Gasteiger partial charge in [0.05, 0.1) is 6.61 Å². The maximum absolute atomic E-state index is 14.7. The third kappa shape index (κ3) is 6.26. The summed E-state index contributed by atoms with van der Waals surface area (Å²) in [7, 11) is -17.3. The predicted octanol–water partition coefficient (Wildman–Crippen LogP) is -0.507. The Morgan fingerprint density at radius 1 is 1.28 bits per heavy atom. The maximum Gasteiger partial charge on any atom is 0.490 e. The number of aliphatic hydroxyl groups excluding tert-OH is 1. The van der Waals surface area contributed by atoms with Crippen molar-refractivity contribution in [3.05, 3.63) is 22.7 Å². The molecule has 0 aromatic carbocycles. The Kier molecular flexibility index (Phi) is 7.84. The molecule has 1 aliphatic rings. The Bertz CT molecular complexity index is 1050. The van der Waals surface area contributed by atoms with E-state index in [2.05, 4.69) is 18.1 Å². The first-order chi connectivity index (χ1) is 14.4. The van der Waals surface area contributed by atoms with E-state index in [9.17, 15) is 37.3 Å². The van der Waals surface area contributed by atoms with Crippen LogP contribution in [0.2, 0.25) is 0 Å². The molecule has 7 atom stereocenters. The molecule has 1 aromatic heterocycles. The van der Waals surface area contributed by atoms with Crippen LogP contribution in [0.25, 0.3) is 0 Å². The molecule has 1 aromatic rings. The number of phosphoric ester groups is 1. The second-order valence-electron chi connectivity index (χ2n) is 6.38. The number of hydrogen-bond acceptors (Lipinski definition) is 11. The van der Waals surface area contributed by atoms with Crippen molar-refractivity contribution in [2.24, 2.45) is 0 Å². The molecule has 0 aliphatic carbocycles. The monoisotopic (exact) mass is 531 g/mol. The number of aliphatic hydroxyl groups is 1. The summed E-state index contributed by atoms with van der Waals surface area (Å²) in [5.41, 5.74) is 1.42. The van der Waals surface area contributed by atoms with Gasteiger partial charge in [-0.3, -0.25) is 9.09 Å². The molecule has 2 heterocycles. The zero-order valence-corrected chi connectivity index (χ0v) is 18.4. The Morgan fingerprint density at radius 2 is 1.88 bits per heavy atom. The number of hydrogen-bond donors (Lipinski definition) is 6. The van der Waals surface area contributed by atoms with Crippen molar-refractivity contribution in [2.45, 2.75) is 37.2 Å². The molecule has 184 valence electrons. The van der Waals surface area contributed by atoms with Crippen molar-refractivity contribution >= 4 is 29.3 Å². The third-order valence-corrected chi connectivity index (χ3v) is 7.87. The Hall–Kier alpha value is -1.13. The van der Waals surface area contributed by atoms with E-state index in [4.69, 9.17) is 25.2 Å². The number of ether oxygens (including phenoxy) is 1. The van der Waals surface area contributed by atoms with Gasteiger partial charge in [-0.05, 0) is 13.0 Å². The van der Waals surface area contributed by atoms with Crippen molar-refractivity contribution < 1.29 is 65.0 Å². The molecule has 16 nitrogen and oxygen atoms in total. The van der Waals surface area contributed by atoms with Gasteiger partial charge in [0.25, 0.3) is 0 Å². The van der Waals surface area contributed by atoms with E-state index in [1.165, 1.54) is 0 Å². The smallest absolute Gasteiger partial charge is 0.387 e. The first kappa shape index (κ1) is 27.1. The van der Waals surface area contributed by atoms with Crippen LogP contribution < -0.4 is 11.4 Å². The average molecular weight is 531 g/mol. The molecule has 2 rings (SSSR count). The van der Waals surface area contributed by atoms with Crippen LogP contribution in [0.5, 0.6) is 0 Å². The van der Waals surface area contributed by atoms with Crippen LogP contribution in [0, 0.1) is 0 Å². The van der Waals surface area contributed by atoms with Crippen LogP contribution in [0.4, 0.5) is 14.6 Å². The van der Waals surface area contributed by atoms with E-state index in [0.29, 0.717) is 4.57 Å². The molecule has 1 saturated heterocycles. The normalized spacial score (nSPS) is 31.1. The second kappa shape index (κ2) is 9.25. The summed E-state index contributed by atoms with van der Waals surface area (Å²) in [4.78, 5) is 50.9. The van der Waals surface area contributed by atoms with Gasteiger partial charge in [-0.2, -0.15) is 13.6 Å². The standard InChI is InChI=1S/C11H18F2N3O13P3/c1-5(12)11(4-26-31(22,23)29-32(24,25)28-30(19,20)21)8(17)7(13)9(27-11)16-3-2-6(14)15-10(16)18/h2-3,5,7-9,17H,4H2,1H3,(H,22,23)(H,24,25)(H2,14,15,18)(H2,19,20,21)/t5-,7-,8+,9-,11+/m1/s1. The zero-order valence-electron chi connectivity index (χ0n) is 15.7. The first-order valence-corrected chi connectivity index (χ1v) is 12.7. The molecule has 7 N–H and O–H groups in total. The lowest BCUT2D eigenvalue weighted by Gasteiger charge is -2.33. The van der Waals surface area contributed by atoms with E-state index in [-0.39, 0.29) is 5.82 Å². The highest BCUT2D eigenvalue weighted by molar-refractivity contribution is 7.66. The van der Waals surface area contributed by atoms with Crippen LogP contribution in [-0.2, 0) is 31.6 Å². The summed E-state index contributed by atoms with van der Waals surface area (Å²) in [6.07, 6.45) is -8.32. The van der Waals surface area contributed by atoms with Crippen molar-refractivity contribution in [3.63, 3.8) is 0 Å². The van der Waals surface area contributed by atoms with Crippen LogP contribution in [-0.4, -0.2) is 64.9 Å². The predicted molar refractivity (Wildman–Crippen MR) is 97.1 cm³/mol. The molecule has 1 fully saturated rings. The Morgan fingerprint density at radius 3 is 2.38 bits per heavy atom. The number of alkyl halides is 2. The van der Waals surface area contributed by atoms with Gasteiger partial charge in [-0.1, -0.05) is 0 Å². The highest BCUT2D eigenvalue weighted by Crippen LogP contribution is 2.66. The number of halogens is 2. The fourth-order valence-electron chi connectivity index (χ4n) is 2.66.